The standard InChI is InChI=1S/C22H26N4O4S2/c1-4-24(5-2)13-14-25(20(27)11-8-17-9-12-21(31-17)26(28)29)22-23-18-10-7-16(30-6-3)15-19(18)32-22/h7-12,15H,4-6,13-14H2,1-3H3. The van der Waals surface area contributed by atoms with E-state index in [4.69, 9.17) is 4.74 Å². The average molecular weight is 475 g/mol. The third-order valence-corrected chi connectivity index (χ3v) is 6.92. The summed E-state index contributed by atoms with van der Waals surface area (Å²) in [5, 5.41) is 11.6. The summed E-state index contributed by atoms with van der Waals surface area (Å²) in [6.45, 7) is 9.69. The highest BCUT2D eigenvalue weighted by Crippen LogP contribution is 2.32. The van der Waals surface area contributed by atoms with Gasteiger partial charge >= 0.3 is 5.00 Å². The zero-order valence-electron chi connectivity index (χ0n) is 18.3. The number of aromatic nitrogens is 1. The number of ether oxygens (including phenoxy) is 1. The van der Waals surface area contributed by atoms with Crippen LogP contribution in [0, 0.1) is 10.1 Å². The molecular weight excluding hydrogens is 448 g/mol. The van der Waals surface area contributed by atoms with Crippen LogP contribution in [0.15, 0.2) is 36.4 Å². The van der Waals surface area contributed by atoms with Crippen molar-refractivity contribution in [3.63, 3.8) is 0 Å². The summed E-state index contributed by atoms with van der Waals surface area (Å²) >= 11 is 2.48. The molecule has 0 fully saturated rings. The van der Waals surface area contributed by atoms with Gasteiger partial charge < -0.3 is 9.64 Å². The van der Waals surface area contributed by atoms with E-state index in [0.717, 1.165) is 46.9 Å². The van der Waals surface area contributed by atoms with Crippen molar-refractivity contribution >= 4 is 55.0 Å². The van der Waals surface area contributed by atoms with Gasteiger partial charge in [0.05, 0.1) is 21.7 Å². The molecule has 3 rings (SSSR count). The van der Waals surface area contributed by atoms with Gasteiger partial charge in [-0.3, -0.25) is 19.8 Å². The molecule has 0 unspecified atom stereocenters. The van der Waals surface area contributed by atoms with Gasteiger partial charge in [0.2, 0.25) is 0 Å². The average Bonchev–Trinajstić information content (AvgIpc) is 3.42. The van der Waals surface area contributed by atoms with E-state index in [1.54, 1.807) is 17.0 Å². The highest BCUT2D eigenvalue weighted by Gasteiger charge is 2.19. The predicted octanol–water partition coefficient (Wildman–Crippen LogP) is 5.05. The van der Waals surface area contributed by atoms with Gasteiger partial charge in [-0.1, -0.05) is 36.5 Å². The Morgan fingerprint density at radius 1 is 1.16 bits per heavy atom. The molecule has 170 valence electrons. The topological polar surface area (TPSA) is 88.8 Å². The number of nitrogens with zero attached hydrogens (tertiary/aromatic N) is 4. The molecule has 0 saturated carbocycles. The molecule has 3 aromatic rings. The minimum absolute atomic E-state index is 0.0479. The van der Waals surface area contributed by atoms with Gasteiger partial charge in [0.1, 0.15) is 5.75 Å². The molecule has 2 heterocycles. The first kappa shape index (κ1) is 23.8. The number of anilines is 1. The van der Waals surface area contributed by atoms with Crippen LogP contribution < -0.4 is 9.64 Å². The Hall–Kier alpha value is -2.82. The number of hydrogen-bond acceptors (Lipinski definition) is 8. The van der Waals surface area contributed by atoms with Gasteiger partial charge in [-0.05, 0) is 50.4 Å². The van der Waals surface area contributed by atoms with Gasteiger partial charge in [-0.25, -0.2) is 4.98 Å². The lowest BCUT2D eigenvalue weighted by molar-refractivity contribution is -0.380. The molecule has 0 N–H and O–H groups in total. The van der Waals surface area contributed by atoms with Crippen molar-refractivity contribution in [3.8, 4) is 5.75 Å². The number of amides is 1. The molecule has 2 aromatic heterocycles. The van der Waals surface area contributed by atoms with E-state index in [1.807, 2.05) is 25.1 Å². The molecule has 0 aliphatic heterocycles. The summed E-state index contributed by atoms with van der Waals surface area (Å²) in [5.74, 6) is 0.563. The number of nitro groups is 1. The van der Waals surface area contributed by atoms with E-state index in [0.29, 0.717) is 23.2 Å². The van der Waals surface area contributed by atoms with Gasteiger partial charge in [0, 0.05) is 30.1 Å². The zero-order chi connectivity index (χ0) is 23.1. The van der Waals surface area contributed by atoms with Gasteiger partial charge in [0.25, 0.3) is 5.91 Å². The van der Waals surface area contributed by atoms with Crippen LogP contribution >= 0.6 is 22.7 Å². The van der Waals surface area contributed by atoms with Crippen molar-refractivity contribution in [1.82, 2.24) is 9.88 Å². The molecule has 0 spiro atoms. The maximum atomic E-state index is 13.1. The number of thiophene rings is 1. The van der Waals surface area contributed by atoms with E-state index in [2.05, 4.69) is 23.7 Å². The second-order valence-corrected chi connectivity index (χ2v) is 8.95. The number of hydrogen-bond donors (Lipinski definition) is 0. The Bertz CT molecular complexity index is 1100. The Labute approximate surface area is 194 Å². The number of likely N-dealkylation sites (N-methyl/N-ethyl adjacent to an activating group) is 1. The first-order valence-electron chi connectivity index (χ1n) is 10.4. The van der Waals surface area contributed by atoms with Crippen molar-refractivity contribution in [2.24, 2.45) is 0 Å². The van der Waals surface area contributed by atoms with Crippen LogP contribution in [-0.4, -0.2) is 53.5 Å². The second-order valence-electron chi connectivity index (χ2n) is 6.84. The summed E-state index contributed by atoms with van der Waals surface area (Å²) in [4.78, 5) is 32.8. The van der Waals surface area contributed by atoms with E-state index in [9.17, 15) is 14.9 Å². The van der Waals surface area contributed by atoms with Crippen LogP contribution in [0.2, 0.25) is 0 Å². The molecule has 0 atom stereocenters. The first-order chi connectivity index (χ1) is 15.4. The molecular formula is C22H26N4O4S2. The van der Waals surface area contributed by atoms with Crippen LogP contribution in [0.25, 0.3) is 16.3 Å². The fourth-order valence-corrected chi connectivity index (χ4v) is 4.87. The molecule has 0 radical (unpaired) electrons. The summed E-state index contributed by atoms with van der Waals surface area (Å²) in [5.41, 5.74) is 0.812. The molecule has 0 bridgehead atoms. The smallest absolute Gasteiger partial charge is 0.324 e. The summed E-state index contributed by atoms with van der Waals surface area (Å²) < 4.78 is 6.53. The van der Waals surface area contributed by atoms with Gasteiger partial charge in [-0.15, -0.1) is 0 Å². The quantitative estimate of drug-likeness (QED) is 0.219. The Morgan fingerprint density at radius 2 is 1.94 bits per heavy atom. The maximum Gasteiger partial charge on any atom is 0.324 e. The van der Waals surface area contributed by atoms with Crippen molar-refractivity contribution in [2.45, 2.75) is 20.8 Å². The normalized spacial score (nSPS) is 11.5. The van der Waals surface area contributed by atoms with Crippen molar-refractivity contribution in [2.75, 3.05) is 37.7 Å². The number of carbonyl (C=O) groups excluding carboxylic acids is 1. The molecule has 0 aliphatic rings. The predicted molar refractivity (Wildman–Crippen MR) is 131 cm³/mol. The minimum Gasteiger partial charge on any atom is -0.494 e. The lowest BCUT2D eigenvalue weighted by Gasteiger charge is -2.23. The highest BCUT2D eigenvalue weighted by atomic mass is 32.1. The molecule has 0 saturated heterocycles. The fraction of sp³-hybridized carbons (Fsp3) is 0.364. The number of fused-ring (bicyclic) bond motifs is 1. The van der Waals surface area contributed by atoms with Crippen molar-refractivity contribution in [3.05, 3.63) is 51.4 Å². The van der Waals surface area contributed by atoms with Crippen molar-refractivity contribution < 1.29 is 14.5 Å². The monoisotopic (exact) mass is 474 g/mol. The van der Waals surface area contributed by atoms with Crippen LogP contribution in [0.3, 0.4) is 0 Å². The summed E-state index contributed by atoms with van der Waals surface area (Å²) in [7, 11) is 0. The lowest BCUT2D eigenvalue weighted by atomic mass is 10.3. The number of rotatable bonds is 11. The van der Waals surface area contributed by atoms with Crippen LogP contribution in [0.1, 0.15) is 25.6 Å². The zero-order valence-corrected chi connectivity index (χ0v) is 19.9. The third kappa shape index (κ3) is 5.90. The number of benzene rings is 1. The lowest BCUT2D eigenvalue weighted by Crippen LogP contribution is -2.38. The molecule has 0 aliphatic carbocycles. The fourth-order valence-electron chi connectivity index (χ4n) is 3.12. The SMILES string of the molecule is CCOc1ccc2nc(N(CCN(CC)CC)C(=O)C=Cc3ccc([N+](=O)[O-])s3)sc2c1. The van der Waals surface area contributed by atoms with E-state index in [1.165, 1.54) is 23.5 Å². The minimum atomic E-state index is -0.433. The molecule has 1 amide bonds. The van der Waals surface area contributed by atoms with Gasteiger partial charge in [0.15, 0.2) is 5.13 Å². The number of carbonyl (C=O) groups is 1. The maximum absolute atomic E-state index is 13.1. The van der Waals surface area contributed by atoms with Crippen LogP contribution in [-0.2, 0) is 4.79 Å². The Kier molecular flexibility index (Phi) is 8.32. The summed E-state index contributed by atoms with van der Waals surface area (Å²) in [6.07, 6.45) is 3.07. The molecule has 10 heteroatoms. The molecule has 8 nitrogen and oxygen atoms in total. The van der Waals surface area contributed by atoms with Crippen LogP contribution in [0.4, 0.5) is 10.1 Å². The van der Waals surface area contributed by atoms with E-state index >= 15 is 0 Å². The second kappa shape index (κ2) is 11.2. The summed E-state index contributed by atoms with van der Waals surface area (Å²) in [6, 6.07) is 8.79. The molecule has 32 heavy (non-hydrogen) atoms. The first-order valence-corrected chi connectivity index (χ1v) is 12.1. The van der Waals surface area contributed by atoms with Gasteiger partial charge in [-0.2, -0.15) is 0 Å². The Balaban J connectivity index is 1.86. The highest BCUT2D eigenvalue weighted by molar-refractivity contribution is 7.22. The van der Waals surface area contributed by atoms with Crippen LogP contribution in [0.5, 0.6) is 5.75 Å². The third-order valence-electron chi connectivity index (χ3n) is 4.87. The largest absolute Gasteiger partial charge is 0.494 e. The van der Waals surface area contributed by atoms with Crippen molar-refractivity contribution in [1.29, 1.82) is 0 Å². The number of thiazole rings is 1. The Morgan fingerprint density at radius 3 is 2.59 bits per heavy atom. The van der Waals surface area contributed by atoms with E-state index in [-0.39, 0.29) is 10.9 Å². The molecule has 1 aromatic carbocycles. The van der Waals surface area contributed by atoms with E-state index < -0.39 is 4.92 Å².